The Hall–Kier alpha value is -3.12. The third-order valence-corrected chi connectivity index (χ3v) is 6.77. The maximum absolute atomic E-state index is 13.0. The smallest absolute Gasteiger partial charge is 0.262 e. The lowest BCUT2D eigenvalue weighted by Crippen LogP contribution is -2.27. The van der Waals surface area contributed by atoms with Crippen LogP contribution in [0.25, 0.3) is 0 Å². The molecule has 0 heterocycles. The zero-order valence-corrected chi connectivity index (χ0v) is 19.1. The van der Waals surface area contributed by atoms with Crippen molar-refractivity contribution in [3.05, 3.63) is 94.5 Å². The van der Waals surface area contributed by atoms with Crippen LogP contribution < -0.4 is 10.0 Å². The first-order valence-electron chi connectivity index (χ1n) is 10.3. The van der Waals surface area contributed by atoms with E-state index in [4.69, 9.17) is 0 Å². The fraction of sp³-hybridized carbons (Fsp3) is 0.240. The van der Waals surface area contributed by atoms with Gasteiger partial charge in [0.15, 0.2) is 0 Å². The molecule has 0 saturated carbocycles. The van der Waals surface area contributed by atoms with Crippen LogP contribution >= 0.6 is 0 Å². The highest BCUT2D eigenvalue weighted by Crippen LogP contribution is 2.22. The molecule has 0 aromatic heterocycles. The van der Waals surface area contributed by atoms with Crippen LogP contribution in [0, 0.1) is 13.8 Å². The van der Waals surface area contributed by atoms with Gasteiger partial charge in [0.25, 0.3) is 15.9 Å². The molecule has 0 aliphatic rings. The molecule has 3 aromatic rings. The van der Waals surface area contributed by atoms with Crippen molar-refractivity contribution in [2.75, 3.05) is 4.72 Å². The largest absolute Gasteiger partial charge is 0.346 e. The molecular formula is C25H28N2O3S. The summed E-state index contributed by atoms with van der Waals surface area (Å²) in [6.45, 7) is 7.61. The van der Waals surface area contributed by atoms with Crippen molar-refractivity contribution < 1.29 is 13.2 Å². The van der Waals surface area contributed by atoms with Crippen molar-refractivity contribution in [1.29, 1.82) is 0 Å². The monoisotopic (exact) mass is 436 g/mol. The first-order chi connectivity index (χ1) is 14.7. The average Bonchev–Trinajstić information content (AvgIpc) is 2.73. The number of anilines is 1. The number of rotatable bonds is 7. The Balaban J connectivity index is 1.81. The number of benzene rings is 3. The molecule has 0 fully saturated rings. The molecule has 0 aliphatic heterocycles. The zero-order chi connectivity index (χ0) is 22.6. The minimum atomic E-state index is -3.84. The van der Waals surface area contributed by atoms with Gasteiger partial charge >= 0.3 is 0 Å². The second-order valence-electron chi connectivity index (χ2n) is 7.75. The van der Waals surface area contributed by atoms with Crippen molar-refractivity contribution in [3.8, 4) is 0 Å². The number of sulfonamides is 1. The van der Waals surface area contributed by atoms with Gasteiger partial charge in [-0.05, 0) is 73.7 Å². The van der Waals surface area contributed by atoms with Gasteiger partial charge in [0.2, 0.25) is 0 Å². The average molecular weight is 437 g/mol. The van der Waals surface area contributed by atoms with Gasteiger partial charge in [-0.3, -0.25) is 9.52 Å². The third kappa shape index (κ3) is 5.52. The summed E-state index contributed by atoms with van der Waals surface area (Å²) in [6.07, 6.45) is 0.957. The summed E-state index contributed by atoms with van der Waals surface area (Å²) in [5.74, 6) is -0.320. The summed E-state index contributed by atoms with van der Waals surface area (Å²) >= 11 is 0. The number of amides is 1. The molecule has 162 valence electrons. The Labute approximate surface area is 184 Å². The van der Waals surface area contributed by atoms with E-state index < -0.39 is 10.0 Å². The van der Waals surface area contributed by atoms with E-state index in [1.54, 1.807) is 37.3 Å². The standard InChI is InChI=1S/C25H28N2O3S/c1-5-20-10-13-21(14-11-20)19(4)26-25(28)22-12-9-18(3)24(16-22)31(29,30)27-23-8-6-7-17(2)15-23/h6-16,19,27H,5H2,1-4H3,(H,26,28)/t19-/m1/s1. The number of carbonyl (C=O) groups excluding carboxylic acids is 1. The maximum Gasteiger partial charge on any atom is 0.262 e. The molecule has 1 amide bonds. The Morgan fingerprint density at radius 3 is 2.32 bits per heavy atom. The lowest BCUT2D eigenvalue weighted by Gasteiger charge is -2.16. The van der Waals surface area contributed by atoms with E-state index in [1.807, 2.05) is 44.2 Å². The molecule has 31 heavy (non-hydrogen) atoms. The van der Waals surface area contributed by atoms with E-state index in [0.717, 1.165) is 17.5 Å². The van der Waals surface area contributed by atoms with Crippen molar-refractivity contribution >= 4 is 21.6 Å². The Morgan fingerprint density at radius 1 is 0.968 bits per heavy atom. The summed E-state index contributed by atoms with van der Waals surface area (Å²) in [5.41, 5.74) is 4.53. The van der Waals surface area contributed by atoms with Gasteiger partial charge in [-0.1, -0.05) is 49.4 Å². The van der Waals surface area contributed by atoms with E-state index in [9.17, 15) is 13.2 Å². The summed E-state index contributed by atoms with van der Waals surface area (Å²) in [5, 5.41) is 2.95. The number of hydrogen-bond acceptors (Lipinski definition) is 3. The Morgan fingerprint density at radius 2 is 1.68 bits per heavy atom. The molecule has 0 aliphatic carbocycles. The van der Waals surface area contributed by atoms with Crippen LogP contribution in [0.1, 0.15) is 52.5 Å². The summed E-state index contributed by atoms with van der Waals surface area (Å²) in [7, 11) is -3.84. The Bertz CT molecular complexity index is 1190. The van der Waals surface area contributed by atoms with E-state index in [2.05, 4.69) is 17.0 Å². The number of carbonyl (C=O) groups is 1. The summed E-state index contributed by atoms with van der Waals surface area (Å²) in [6, 6.07) is 19.8. The molecule has 0 bridgehead atoms. The van der Waals surface area contributed by atoms with Crippen LogP contribution in [0.2, 0.25) is 0 Å². The molecule has 1 atom stereocenters. The topological polar surface area (TPSA) is 75.3 Å². The highest BCUT2D eigenvalue weighted by Gasteiger charge is 2.20. The minimum Gasteiger partial charge on any atom is -0.346 e. The second-order valence-corrected chi connectivity index (χ2v) is 9.40. The van der Waals surface area contributed by atoms with Gasteiger partial charge in [0, 0.05) is 11.3 Å². The highest BCUT2D eigenvalue weighted by atomic mass is 32.2. The molecular weight excluding hydrogens is 408 g/mol. The van der Waals surface area contributed by atoms with Crippen LogP contribution in [0.4, 0.5) is 5.69 Å². The van der Waals surface area contributed by atoms with Crippen molar-refractivity contribution in [1.82, 2.24) is 5.32 Å². The van der Waals surface area contributed by atoms with E-state index in [0.29, 0.717) is 16.8 Å². The predicted molar refractivity (Wildman–Crippen MR) is 125 cm³/mol. The minimum absolute atomic E-state index is 0.0848. The van der Waals surface area contributed by atoms with Crippen LogP contribution in [-0.4, -0.2) is 14.3 Å². The number of hydrogen-bond donors (Lipinski definition) is 2. The van der Waals surface area contributed by atoms with Gasteiger partial charge in [0.05, 0.1) is 10.9 Å². The lowest BCUT2D eigenvalue weighted by atomic mass is 10.0. The fourth-order valence-corrected chi connectivity index (χ4v) is 4.68. The predicted octanol–water partition coefficient (Wildman–Crippen LogP) is 5.16. The van der Waals surface area contributed by atoms with E-state index >= 15 is 0 Å². The third-order valence-electron chi connectivity index (χ3n) is 5.25. The van der Waals surface area contributed by atoms with Crippen molar-refractivity contribution in [3.63, 3.8) is 0 Å². The maximum atomic E-state index is 13.0. The molecule has 6 heteroatoms. The van der Waals surface area contributed by atoms with Gasteiger partial charge in [-0.15, -0.1) is 0 Å². The van der Waals surface area contributed by atoms with Crippen molar-refractivity contribution in [2.45, 2.75) is 45.1 Å². The molecule has 0 radical (unpaired) electrons. The van der Waals surface area contributed by atoms with Gasteiger partial charge in [0.1, 0.15) is 0 Å². The normalized spacial score (nSPS) is 12.3. The summed E-state index contributed by atoms with van der Waals surface area (Å²) < 4.78 is 28.5. The van der Waals surface area contributed by atoms with Gasteiger partial charge in [-0.25, -0.2) is 8.42 Å². The van der Waals surface area contributed by atoms with Gasteiger partial charge < -0.3 is 5.32 Å². The molecule has 0 spiro atoms. The van der Waals surface area contributed by atoms with E-state index in [-0.39, 0.29) is 16.8 Å². The number of aryl methyl sites for hydroxylation is 3. The molecule has 2 N–H and O–H groups in total. The lowest BCUT2D eigenvalue weighted by molar-refractivity contribution is 0.0939. The highest BCUT2D eigenvalue weighted by molar-refractivity contribution is 7.92. The molecule has 5 nitrogen and oxygen atoms in total. The van der Waals surface area contributed by atoms with Crippen molar-refractivity contribution in [2.24, 2.45) is 0 Å². The van der Waals surface area contributed by atoms with Crippen LogP contribution in [0.5, 0.6) is 0 Å². The van der Waals surface area contributed by atoms with Crippen LogP contribution in [0.15, 0.2) is 71.6 Å². The molecule has 0 saturated heterocycles. The molecule has 3 rings (SSSR count). The number of nitrogens with one attached hydrogen (secondary N) is 2. The van der Waals surface area contributed by atoms with Gasteiger partial charge in [-0.2, -0.15) is 0 Å². The second kappa shape index (κ2) is 9.35. The fourth-order valence-electron chi connectivity index (χ4n) is 3.35. The summed E-state index contributed by atoms with van der Waals surface area (Å²) in [4.78, 5) is 12.9. The van der Waals surface area contributed by atoms with Crippen LogP contribution in [0.3, 0.4) is 0 Å². The zero-order valence-electron chi connectivity index (χ0n) is 18.3. The van der Waals surface area contributed by atoms with Crippen LogP contribution in [-0.2, 0) is 16.4 Å². The first-order valence-corrected chi connectivity index (χ1v) is 11.8. The Kier molecular flexibility index (Phi) is 6.81. The quantitative estimate of drug-likeness (QED) is 0.537. The van der Waals surface area contributed by atoms with E-state index in [1.165, 1.54) is 11.6 Å². The SMILES string of the molecule is CCc1ccc([C@@H](C)NC(=O)c2ccc(C)c(S(=O)(=O)Nc3cccc(C)c3)c2)cc1. The molecule has 3 aromatic carbocycles. The molecule has 0 unspecified atom stereocenters. The first kappa shape index (κ1) is 22.6.